The SMILES string of the molecule is CCCN(C(=O)Nc1ccc(Cl)cc1Cl)c1nncs1. The van der Waals surface area contributed by atoms with E-state index >= 15 is 0 Å². The minimum Gasteiger partial charge on any atom is -0.306 e. The van der Waals surface area contributed by atoms with Gasteiger partial charge in [-0.05, 0) is 24.6 Å². The Labute approximate surface area is 130 Å². The Morgan fingerprint density at radius 3 is 2.85 bits per heavy atom. The predicted octanol–water partition coefficient (Wildman–Crippen LogP) is 4.29. The number of nitrogens with one attached hydrogen (secondary N) is 1. The summed E-state index contributed by atoms with van der Waals surface area (Å²) in [6.07, 6.45) is 0.807. The molecule has 2 aromatic rings. The molecule has 20 heavy (non-hydrogen) atoms. The van der Waals surface area contributed by atoms with Crippen molar-refractivity contribution in [2.45, 2.75) is 13.3 Å². The lowest BCUT2D eigenvalue weighted by Crippen LogP contribution is -2.35. The van der Waals surface area contributed by atoms with E-state index in [2.05, 4.69) is 15.5 Å². The van der Waals surface area contributed by atoms with Crippen molar-refractivity contribution in [3.05, 3.63) is 33.8 Å². The normalized spacial score (nSPS) is 10.3. The van der Waals surface area contributed by atoms with Crippen LogP contribution in [0.15, 0.2) is 23.7 Å². The number of rotatable bonds is 4. The highest BCUT2D eigenvalue weighted by molar-refractivity contribution is 7.13. The lowest BCUT2D eigenvalue weighted by Gasteiger charge is -2.19. The Bertz CT molecular complexity index is 591. The van der Waals surface area contributed by atoms with Crippen LogP contribution in [0.5, 0.6) is 0 Å². The monoisotopic (exact) mass is 330 g/mol. The molecule has 8 heteroatoms. The first kappa shape index (κ1) is 15.0. The predicted molar refractivity (Wildman–Crippen MR) is 83.0 cm³/mol. The summed E-state index contributed by atoms with van der Waals surface area (Å²) in [6.45, 7) is 2.53. The second-order valence-corrected chi connectivity index (χ2v) is 5.58. The molecule has 5 nitrogen and oxygen atoms in total. The Kier molecular flexibility index (Phi) is 5.17. The van der Waals surface area contributed by atoms with Crippen molar-refractivity contribution in [2.24, 2.45) is 0 Å². The number of nitrogens with zero attached hydrogens (tertiary/aromatic N) is 3. The second kappa shape index (κ2) is 6.88. The Morgan fingerprint density at radius 1 is 1.45 bits per heavy atom. The average molecular weight is 331 g/mol. The first-order valence-electron chi connectivity index (χ1n) is 5.91. The molecule has 2 amide bonds. The number of carbonyl (C=O) groups excluding carboxylic acids is 1. The topological polar surface area (TPSA) is 58.1 Å². The first-order valence-corrected chi connectivity index (χ1v) is 7.55. The van der Waals surface area contributed by atoms with E-state index in [1.807, 2.05) is 6.92 Å². The van der Waals surface area contributed by atoms with Crippen LogP contribution < -0.4 is 10.2 Å². The van der Waals surface area contributed by atoms with Crippen molar-refractivity contribution in [3.8, 4) is 0 Å². The summed E-state index contributed by atoms with van der Waals surface area (Å²) in [5, 5.41) is 11.9. The van der Waals surface area contributed by atoms with Crippen LogP contribution >= 0.6 is 34.5 Å². The lowest BCUT2D eigenvalue weighted by atomic mass is 10.3. The number of amides is 2. The molecule has 2 rings (SSSR count). The van der Waals surface area contributed by atoms with Crippen molar-refractivity contribution >= 4 is 51.4 Å². The second-order valence-electron chi connectivity index (χ2n) is 3.93. The van der Waals surface area contributed by atoms with Gasteiger partial charge in [0.15, 0.2) is 0 Å². The van der Waals surface area contributed by atoms with Crippen molar-refractivity contribution in [1.82, 2.24) is 10.2 Å². The van der Waals surface area contributed by atoms with E-state index in [-0.39, 0.29) is 6.03 Å². The number of benzene rings is 1. The third-order valence-corrected chi connectivity index (χ3v) is 3.70. The molecule has 0 aliphatic heterocycles. The summed E-state index contributed by atoms with van der Waals surface area (Å²) in [5.74, 6) is 0. The minimum absolute atomic E-state index is 0.298. The van der Waals surface area contributed by atoms with Crippen LogP contribution in [0.25, 0.3) is 0 Å². The van der Waals surface area contributed by atoms with Gasteiger partial charge in [-0.25, -0.2) is 4.79 Å². The van der Waals surface area contributed by atoms with E-state index in [0.717, 1.165) is 6.42 Å². The van der Waals surface area contributed by atoms with Gasteiger partial charge < -0.3 is 5.32 Å². The van der Waals surface area contributed by atoms with Crippen LogP contribution in [0, 0.1) is 0 Å². The molecule has 0 radical (unpaired) electrons. The fourth-order valence-electron chi connectivity index (χ4n) is 1.57. The van der Waals surface area contributed by atoms with Crippen molar-refractivity contribution in [2.75, 3.05) is 16.8 Å². The van der Waals surface area contributed by atoms with Gasteiger partial charge in [-0.1, -0.05) is 41.5 Å². The number of hydrogen-bond acceptors (Lipinski definition) is 4. The fourth-order valence-corrected chi connectivity index (χ4v) is 2.61. The molecule has 1 N–H and O–H groups in total. The zero-order valence-corrected chi connectivity index (χ0v) is 13.0. The molecule has 0 aliphatic rings. The van der Waals surface area contributed by atoms with Gasteiger partial charge >= 0.3 is 6.03 Å². The largest absolute Gasteiger partial charge is 0.328 e. The maximum Gasteiger partial charge on any atom is 0.328 e. The molecule has 1 aromatic heterocycles. The highest BCUT2D eigenvalue weighted by Gasteiger charge is 2.18. The third kappa shape index (κ3) is 3.59. The number of hydrogen-bond donors (Lipinski definition) is 1. The molecule has 0 fully saturated rings. The number of anilines is 2. The summed E-state index contributed by atoms with van der Waals surface area (Å²) in [6, 6.07) is 4.60. The zero-order valence-electron chi connectivity index (χ0n) is 10.6. The Hall–Kier alpha value is -1.37. The van der Waals surface area contributed by atoms with Crippen LogP contribution in [0.2, 0.25) is 10.0 Å². The van der Waals surface area contributed by atoms with Crippen molar-refractivity contribution < 1.29 is 4.79 Å². The van der Waals surface area contributed by atoms with Gasteiger partial charge in [0.1, 0.15) is 5.51 Å². The molecule has 1 aromatic carbocycles. The van der Waals surface area contributed by atoms with E-state index in [1.165, 1.54) is 16.2 Å². The fraction of sp³-hybridized carbons (Fsp3) is 0.250. The highest BCUT2D eigenvalue weighted by atomic mass is 35.5. The molecular formula is C12H12Cl2N4OS. The van der Waals surface area contributed by atoms with Gasteiger partial charge in [0.05, 0.1) is 10.7 Å². The maximum atomic E-state index is 12.3. The van der Waals surface area contributed by atoms with Gasteiger partial charge in [0, 0.05) is 11.6 Å². The Morgan fingerprint density at radius 2 is 2.25 bits per heavy atom. The number of halogens is 2. The summed E-state index contributed by atoms with van der Waals surface area (Å²) < 4.78 is 0. The van der Waals surface area contributed by atoms with Gasteiger partial charge in [-0.2, -0.15) is 0 Å². The molecular weight excluding hydrogens is 319 g/mol. The van der Waals surface area contributed by atoms with Gasteiger partial charge in [-0.3, -0.25) is 4.90 Å². The molecule has 106 valence electrons. The van der Waals surface area contributed by atoms with Crippen LogP contribution in [0.3, 0.4) is 0 Å². The number of carbonyl (C=O) groups is 1. The van der Waals surface area contributed by atoms with Crippen molar-refractivity contribution in [3.63, 3.8) is 0 Å². The lowest BCUT2D eigenvalue weighted by molar-refractivity contribution is 0.257. The van der Waals surface area contributed by atoms with Crippen LogP contribution in [-0.4, -0.2) is 22.8 Å². The highest BCUT2D eigenvalue weighted by Crippen LogP contribution is 2.26. The van der Waals surface area contributed by atoms with Crippen molar-refractivity contribution in [1.29, 1.82) is 0 Å². The zero-order chi connectivity index (χ0) is 14.5. The van der Waals surface area contributed by atoms with E-state index in [4.69, 9.17) is 23.2 Å². The van der Waals surface area contributed by atoms with Gasteiger partial charge in [-0.15, -0.1) is 10.2 Å². The Balaban J connectivity index is 2.16. The van der Waals surface area contributed by atoms with E-state index in [0.29, 0.717) is 27.4 Å². The quantitative estimate of drug-likeness (QED) is 0.909. The standard InChI is InChI=1S/C12H12Cl2N4OS/c1-2-5-18(12-17-15-7-20-12)11(19)16-10-4-3-8(13)6-9(10)14/h3-4,6-7H,2,5H2,1H3,(H,16,19). The number of urea groups is 1. The summed E-state index contributed by atoms with van der Waals surface area (Å²) >= 11 is 13.2. The summed E-state index contributed by atoms with van der Waals surface area (Å²) in [7, 11) is 0. The van der Waals surface area contributed by atoms with Crippen LogP contribution in [-0.2, 0) is 0 Å². The first-order chi connectivity index (χ1) is 9.61. The smallest absolute Gasteiger partial charge is 0.306 e. The summed E-state index contributed by atoms with van der Waals surface area (Å²) in [5.41, 5.74) is 2.09. The molecule has 0 saturated heterocycles. The molecule has 0 atom stereocenters. The van der Waals surface area contributed by atoms with E-state index in [9.17, 15) is 4.79 Å². The van der Waals surface area contributed by atoms with E-state index < -0.39 is 0 Å². The molecule has 0 bridgehead atoms. The molecule has 0 saturated carbocycles. The molecule has 0 spiro atoms. The van der Waals surface area contributed by atoms with Crippen LogP contribution in [0.4, 0.5) is 15.6 Å². The summed E-state index contributed by atoms with van der Waals surface area (Å²) in [4.78, 5) is 13.8. The minimum atomic E-state index is -0.298. The average Bonchev–Trinajstić information content (AvgIpc) is 2.92. The number of aromatic nitrogens is 2. The van der Waals surface area contributed by atoms with Crippen LogP contribution in [0.1, 0.15) is 13.3 Å². The molecule has 0 aliphatic carbocycles. The molecule has 1 heterocycles. The van der Waals surface area contributed by atoms with Gasteiger partial charge in [0.2, 0.25) is 5.13 Å². The van der Waals surface area contributed by atoms with Gasteiger partial charge in [0.25, 0.3) is 0 Å². The maximum absolute atomic E-state index is 12.3. The molecule has 0 unspecified atom stereocenters. The van der Waals surface area contributed by atoms with E-state index in [1.54, 1.807) is 23.7 Å². The third-order valence-electron chi connectivity index (χ3n) is 2.44.